The number of hydrogen-bond donors (Lipinski definition) is 3. The van der Waals surface area contributed by atoms with Crippen molar-refractivity contribution >= 4 is 22.8 Å². The Hall–Kier alpha value is -2.97. The third-order valence-electron chi connectivity index (χ3n) is 4.90. The number of anilines is 1. The second kappa shape index (κ2) is 7.95. The average Bonchev–Trinajstić information content (AvgIpc) is 3.35. The Morgan fingerprint density at radius 1 is 1.32 bits per heavy atom. The molecule has 1 aliphatic rings. The lowest BCUT2D eigenvalue weighted by molar-refractivity contribution is -0.119. The van der Waals surface area contributed by atoms with Crippen molar-refractivity contribution in [1.82, 2.24) is 15.0 Å². The van der Waals surface area contributed by atoms with Crippen molar-refractivity contribution in [3.63, 3.8) is 0 Å². The normalized spacial score (nSPS) is 16.8. The molecule has 0 spiro atoms. The first-order valence-corrected chi connectivity index (χ1v) is 9.37. The van der Waals surface area contributed by atoms with E-state index in [1.165, 1.54) is 0 Å². The fourth-order valence-electron chi connectivity index (χ4n) is 3.62. The summed E-state index contributed by atoms with van der Waals surface area (Å²) in [6.45, 7) is 1.28. The number of carbonyl (C=O) groups excluding carboxylic acids is 1. The quantitative estimate of drug-likeness (QED) is 0.535. The molecule has 28 heavy (non-hydrogen) atoms. The molecule has 0 aliphatic carbocycles. The third-order valence-corrected chi connectivity index (χ3v) is 4.90. The first-order valence-electron chi connectivity index (χ1n) is 9.37. The van der Waals surface area contributed by atoms with Crippen molar-refractivity contribution in [2.45, 2.75) is 25.5 Å². The van der Waals surface area contributed by atoms with Gasteiger partial charge in [0.1, 0.15) is 17.5 Å². The number of aromatic amines is 1. The van der Waals surface area contributed by atoms with E-state index in [-0.39, 0.29) is 25.2 Å². The van der Waals surface area contributed by atoms with E-state index in [9.17, 15) is 4.79 Å². The molecule has 146 valence electrons. The molecule has 8 nitrogen and oxygen atoms in total. The van der Waals surface area contributed by atoms with Gasteiger partial charge in [0.2, 0.25) is 5.91 Å². The highest BCUT2D eigenvalue weighted by Gasteiger charge is 2.32. The van der Waals surface area contributed by atoms with Crippen LogP contribution in [-0.4, -0.2) is 51.8 Å². The Morgan fingerprint density at radius 3 is 2.89 bits per heavy atom. The number of nitrogens with zero attached hydrogens (tertiary/aromatic N) is 3. The summed E-state index contributed by atoms with van der Waals surface area (Å²) in [5.74, 6) is 0.949. The van der Waals surface area contributed by atoms with E-state index in [1.807, 2.05) is 41.3 Å². The zero-order valence-electron chi connectivity index (χ0n) is 15.5. The minimum atomic E-state index is -0.370. The summed E-state index contributed by atoms with van der Waals surface area (Å²) < 4.78 is 5.42. The van der Waals surface area contributed by atoms with Crippen LogP contribution in [0.15, 0.2) is 36.4 Å². The second-order valence-corrected chi connectivity index (χ2v) is 6.82. The number of rotatable bonds is 7. The second-order valence-electron chi connectivity index (χ2n) is 6.82. The smallest absolute Gasteiger partial charge is 0.240 e. The van der Waals surface area contributed by atoms with Crippen molar-refractivity contribution in [2.75, 3.05) is 24.7 Å². The van der Waals surface area contributed by atoms with Gasteiger partial charge in [-0.15, -0.1) is 0 Å². The minimum absolute atomic E-state index is 0.0302. The first-order chi connectivity index (χ1) is 13.7. The van der Waals surface area contributed by atoms with Crippen LogP contribution in [0, 0.1) is 0 Å². The van der Waals surface area contributed by atoms with Gasteiger partial charge < -0.3 is 25.5 Å². The summed E-state index contributed by atoms with van der Waals surface area (Å²) in [5, 5.41) is 9.74. The van der Waals surface area contributed by atoms with Crippen LogP contribution < -0.4 is 10.6 Å². The lowest BCUT2D eigenvalue weighted by Crippen LogP contribution is -2.40. The van der Waals surface area contributed by atoms with Crippen molar-refractivity contribution in [2.24, 2.45) is 5.73 Å². The number of primary amides is 1. The van der Waals surface area contributed by atoms with Gasteiger partial charge >= 0.3 is 0 Å². The van der Waals surface area contributed by atoms with Crippen LogP contribution in [0.2, 0.25) is 0 Å². The fraction of sp³-hybridized carbons (Fsp3) is 0.350. The molecule has 1 saturated heterocycles. The largest absolute Gasteiger partial charge is 0.394 e. The molecule has 4 rings (SSSR count). The van der Waals surface area contributed by atoms with Gasteiger partial charge in [-0.2, -0.15) is 0 Å². The Morgan fingerprint density at radius 2 is 2.14 bits per heavy atom. The molecule has 0 bridgehead atoms. The topological polar surface area (TPSA) is 117 Å². The number of aliphatic hydroxyl groups excluding tert-OH is 1. The molecule has 1 fully saturated rings. The molecule has 0 saturated carbocycles. The van der Waals surface area contributed by atoms with Gasteiger partial charge in [-0.05, 0) is 18.9 Å². The zero-order chi connectivity index (χ0) is 19.5. The summed E-state index contributed by atoms with van der Waals surface area (Å²) in [7, 11) is 0. The van der Waals surface area contributed by atoms with E-state index in [0.29, 0.717) is 23.9 Å². The van der Waals surface area contributed by atoms with Gasteiger partial charge in [0.25, 0.3) is 0 Å². The maximum atomic E-state index is 11.9. The maximum absolute atomic E-state index is 11.9. The molecule has 1 aliphatic heterocycles. The van der Waals surface area contributed by atoms with E-state index >= 15 is 0 Å². The van der Waals surface area contributed by atoms with Gasteiger partial charge in [-0.3, -0.25) is 4.79 Å². The number of nitrogens with one attached hydrogen (secondary N) is 1. The number of hydrogen-bond acceptors (Lipinski definition) is 6. The summed E-state index contributed by atoms with van der Waals surface area (Å²) in [5.41, 5.74) is 8.04. The number of aliphatic hydroxyl groups is 1. The van der Waals surface area contributed by atoms with Gasteiger partial charge in [0.15, 0.2) is 5.82 Å². The van der Waals surface area contributed by atoms with Crippen LogP contribution in [0.5, 0.6) is 0 Å². The van der Waals surface area contributed by atoms with E-state index in [1.54, 1.807) is 0 Å². The minimum Gasteiger partial charge on any atom is -0.394 e. The predicted octanol–water partition coefficient (Wildman–Crippen LogP) is 1.59. The molecule has 1 amide bonds. The predicted molar refractivity (Wildman–Crippen MR) is 106 cm³/mol. The highest BCUT2D eigenvalue weighted by molar-refractivity contribution is 5.93. The van der Waals surface area contributed by atoms with E-state index in [2.05, 4.69) is 9.97 Å². The molecule has 4 N–H and O–H groups in total. The summed E-state index contributed by atoms with van der Waals surface area (Å²) in [6, 6.07) is 11.3. The average molecular weight is 381 g/mol. The molecule has 3 aromatic rings. The molecule has 3 heterocycles. The Balaban J connectivity index is 1.81. The number of fused-ring (bicyclic) bond motifs is 1. The van der Waals surface area contributed by atoms with E-state index in [4.69, 9.17) is 20.6 Å². The number of H-pyrrole nitrogens is 1. The first kappa shape index (κ1) is 18.4. The molecular formula is C20H23N5O3. The molecule has 2 aromatic heterocycles. The summed E-state index contributed by atoms with van der Waals surface area (Å²) in [6.07, 6.45) is 1.61. The van der Waals surface area contributed by atoms with Crippen LogP contribution in [-0.2, 0) is 16.1 Å². The van der Waals surface area contributed by atoms with Gasteiger partial charge in [-0.1, -0.05) is 30.3 Å². The Labute approximate surface area is 162 Å². The Bertz CT molecular complexity index is 973. The third kappa shape index (κ3) is 3.56. The Kier molecular flexibility index (Phi) is 5.23. The van der Waals surface area contributed by atoms with Crippen LogP contribution in [0.4, 0.5) is 5.82 Å². The summed E-state index contributed by atoms with van der Waals surface area (Å²) >= 11 is 0. The number of carbonyl (C=O) groups is 1. The monoisotopic (exact) mass is 381 g/mol. The molecule has 8 heteroatoms. The molecule has 0 radical (unpaired) electrons. The van der Waals surface area contributed by atoms with E-state index < -0.39 is 0 Å². The highest BCUT2D eigenvalue weighted by atomic mass is 16.5. The van der Waals surface area contributed by atoms with Gasteiger partial charge in [0.05, 0.1) is 25.2 Å². The van der Waals surface area contributed by atoms with Crippen LogP contribution in [0.3, 0.4) is 0 Å². The zero-order valence-corrected chi connectivity index (χ0v) is 15.5. The molecule has 1 aromatic carbocycles. The number of amides is 1. The van der Waals surface area contributed by atoms with Crippen molar-refractivity contribution in [1.29, 1.82) is 0 Å². The maximum Gasteiger partial charge on any atom is 0.240 e. The number of benzene rings is 1. The number of ether oxygens (including phenoxy) is 1. The number of nitrogens with two attached hydrogens (primary N) is 1. The van der Waals surface area contributed by atoms with Crippen molar-refractivity contribution in [3.8, 4) is 11.4 Å². The van der Waals surface area contributed by atoms with Crippen LogP contribution >= 0.6 is 0 Å². The fourth-order valence-corrected chi connectivity index (χ4v) is 3.62. The van der Waals surface area contributed by atoms with Gasteiger partial charge in [-0.25, -0.2) is 9.97 Å². The highest BCUT2D eigenvalue weighted by Crippen LogP contribution is 2.32. The molecule has 1 atom stereocenters. The molecular weight excluding hydrogens is 358 g/mol. The van der Waals surface area contributed by atoms with Crippen molar-refractivity contribution < 1.29 is 14.6 Å². The SMILES string of the molecule is NC(=O)C1CCCN1c1nc(-c2ccccc2)nc2[nH]c(COCCO)cc12. The van der Waals surface area contributed by atoms with E-state index in [0.717, 1.165) is 36.0 Å². The standard InChI is InChI=1S/C20H23N5O3/c21-17(27)16-7-4-8-25(16)20-15-11-14(12-28-10-9-26)22-19(15)23-18(24-20)13-5-2-1-3-6-13/h1-3,5-6,11,16,26H,4,7-10,12H2,(H2,21,27)(H,22,23,24). The van der Waals surface area contributed by atoms with Gasteiger partial charge in [0, 0.05) is 17.8 Å². The van der Waals surface area contributed by atoms with Crippen LogP contribution in [0.25, 0.3) is 22.4 Å². The van der Waals surface area contributed by atoms with Crippen molar-refractivity contribution in [3.05, 3.63) is 42.1 Å². The lowest BCUT2D eigenvalue weighted by atomic mass is 10.2. The lowest BCUT2D eigenvalue weighted by Gasteiger charge is -2.24. The summed E-state index contributed by atoms with van der Waals surface area (Å²) in [4.78, 5) is 26.7. The molecule has 1 unspecified atom stereocenters. The number of aromatic nitrogens is 3. The van der Waals surface area contributed by atoms with Crippen LogP contribution in [0.1, 0.15) is 18.5 Å².